The van der Waals surface area contributed by atoms with Crippen LogP contribution in [0.2, 0.25) is 0 Å². The average molecular weight is 301 g/mol. The minimum atomic E-state index is -3.46. The molecule has 0 aliphatic heterocycles. The summed E-state index contributed by atoms with van der Waals surface area (Å²) in [5, 5.41) is 8.87. The second kappa shape index (κ2) is 6.37. The van der Waals surface area contributed by atoms with Crippen molar-refractivity contribution in [3.63, 3.8) is 0 Å². The first-order chi connectivity index (χ1) is 10.00. The third kappa shape index (κ3) is 4.29. The molecule has 5 nitrogen and oxygen atoms in total. The molecule has 2 rings (SSSR count). The standard InChI is InChI=1S/C15H15N3O2S/c1-12-2-3-14(11-16)10-15(12)18-21(19,20)9-6-13-4-7-17-8-5-13/h2-5,7-8,10,18H,6,9H2,1H3. The van der Waals surface area contributed by atoms with Gasteiger partial charge in [0.2, 0.25) is 10.0 Å². The highest BCUT2D eigenvalue weighted by Gasteiger charge is 2.12. The number of aromatic nitrogens is 1. The lowest BCUT2D eigenvalue weighted by molar-refractivity contribution is 0.600. The fourth-order valence-corrected chi connectivity index (χ4v) is 2.98. The van der Waals surface area contributed by atoms with Gasteiger partial charge >= 0.3 is 0 Å². The van der Waals surface area contributed by atoms with Crippen molar-refractivity contribution >= 4 is 15.7 Å². The molecule has 1 heterocycles. The fourth-order valence-electron chi connectivity index (χ4n) is 1.82. The molecule has 1 aromatic carbocycles. The van der Waals surface area contributed by atoms with Crippen molar-refractivity contribution in [2.75, 3.05) is 10.5 Å². The van der Waals surface area contributed by atoms with Gasteiger partial charge in [0.05, 0.1) is 23.1 Å². The van der Waals surface area contributed by atoms with Gasteiger partial charge in [0.1, 0.15) is 0 Å². The Balaban J connectivity index is 2.09. The fraction of sp³-hybridized carbons (Fsp3) is 0.200. The summed E-state index contributed by atoms with van der Waals surface area (Å²) in [5.74, 6) is -0.0206. The Kier molecular flexibility index (Phi) is 4.55. The van der Waals surface area contributed by atoms with Crippen molar-refractivity contribution in [3.05, 3.63) is 59.4 Å². The SMILES string of the molecule is Cc1ccc(C#N)cc1NS(=O)(=O)CCc1ccncc1. The van der Waals surface area contributed by atoms with Gasteiger partial charge in [-0.1, -0.05) is 6.07 Å². The lowest BCUT2D eigenvalue weighted by Crippen LogP contribution is -2.18. The van der Waals surface area contributed by atoms with Gasteiger partial charge in [-0.3, -0.25) is 9.71 Å². The lowest BCUT2D eigenvalue weighted by atomic mass is 10.1. The second-order valence-electron chi connectivity index (χ2n) is 4.67. The Morgan fingerprint density at radius 1 is 1.24 bits per heavy atom. The highest BCUT2D eigenvalue weighted by Crippen LogP contribution is 2.18. The first-order valence-corrected chi connectivity index (χ1v) is 8.05. The molecule has 0 amide bonds. The van der Waals surface area contributed by atoms with Crippen LogP contribution in [0.3, 0.4) is 0 Å². The van der Waals surface area contributed by atoms with Gasteiger partial charge in [-0.05, 0) is 48.7 Å². The minimum Gasteiger partial charge on any atom is -0.283 e. The Morgan fingerprint density at radius 3 is 2.62 bits per heavy atom. The van der Waals surface area contributed by atoms with E-state index >= 15 is 0 Å². The number of pyridine rings is 1. The van der Waals surface area contributed by atoms with E-state index in [2.05, 4.69) is 9.71 Å². The summed E-state index contributed by atoms with van der Waals surface area (Å²) in [7, 11) is -3.46. The van der Waals surface area contributed by atoms with Gasteiger partial charge < -0.3 is 0 Å². The van der Waals surface area contributed by atoms with Gasteiger partial charge in [0, 0.05) is 12.4 Å². The van der Waals surface area contributed by atoms with Crippen LogP contribution in [0.5, 0.6) is 0 Å². The normalized spacial score (nSPS) is 10.9. The molecule has 0 atom stereocenters. The molecule has 0 saturated heterocycles. The number of anilines is 1. The summed E-state index contributed by atoms with van der Waals surface area (Å²) >= 11 is 0. The van der Waals surface area contributed by atoms with E-state index in [1.807, 2.05) is 6.07 Å². The molecule has 1 N–H and O–H groups in total. The van der Waals surface area contributed by atoms with Crippen LogP contribution >= 0.6 is 0 Å². The van der Waals surface area contributed by atoms with E-state index in [1.165, 1.54) is 0 Å². The number of aryl methyl sites for hydroxylation is 2. The zero-order chi connectivity index (χ0) is 15.3. The molecule has 0 radical (unpaired) electrons. The highest BCUT2D eigenvalue weighted by molar-refractivity contribution is 7.92. The molecule has 2 aromatic rings. The van der Waals surface area contributed by atoms with Gasteiger partial charge in [-0.15, -0.1) is 0 Å². The lowest BCUT2D eigenvalue weighted by Gasteiger charge is -2.10. The Hall–Kier alpha value is -2.39. The van der Waals surface area contributed by atoms with Crippen molar-refractivity contribution < 1.29 is 8.42 Å². The van der Waals surface area contributed by atoms with E-state index in [1.54, 1.807) is 49.6 Å². The summed E-state index contributed by atoms with van der Waals surface area (Å²) < 4.78 is 26.8. The number of nitrogens with zero attached hydrogens (tertiary/aromatic N) is 2. The molecule has 0 aliphatic carbocycles. The van der Waals surface area contributed by atoms with E-state index in [-0.39, 0.29) is 5.75 Å². The largest absolute Gasteiger partial charge is 0.283 e. The number of hydrogen-bond acceptors (Lipinski definition) is 4. The van der Waals surface area contributed by atoms with Crippen molar-refractivity contribution in [1.82, 2.24) is 4.98 Å². The first-order valence-electron chi connectivity index (χ1n) is 6.40. The number of rotatable bonds is 5. The molecule has 108 valence electrons. The molecule has 0 spiro atoms. The molecule has 0 saturated carbocycles. The van der Waals surface area contributed by atoms with Crippen LogP contribution in [0.25, 0.3) is 0 Å². The predicted octanol–water partition coefficient (Wildman–Crippen LogP) is 2.25. The number of benzene rings is 1. The maximum absolute atomic E-state index is 12.1. The van der Waals surface area contributed by atoms with Crippen LogP contribution in [-0.4, -0.2) is 19.2 Å². The minimum absolute atomic E-state index is 0.0206. The smallest absolute Gasteiger partial charge is 0.233 e. The van der Waals surface area contributed by atoms with Crippen LogP contribution in [0.1, 0.15) is 16.7 Å². The van der Waals surface area contributed by atoms with E-state index in [0.29, 0.717) is 17.7 Å². The van der Waals surface area contributed by atoms with Gasteiger partial charge in [0.15, 0.2) is 0 Å². The van der Waals surface area contributed by atoms with Crippen molar-refractivity contribution in [1.29, 1.82) is 5.26 Å². The third-order valence-corrected chi connectivity index (χ3v) is 4.31. The van der Waals surface area contributed by atoms with E-state index in [4.69, 9.17) is 5.26 Å². The van der Waals surface area contributed by atoms with E-state index in [0.717, 1.165) is 11.1 Å². The molecule has 0 unspecified atom stereocenters. The number of nitrogens with one attached hydrogen (secondary N) is 1. The van der Waals surface area contributed by atoms with Crippen LogP contribution in [0.4, 0.5) is 5.69 Å². The maximum Gasteiger partial charge on any atom is 0.233 e. The molecule has 0 fully saturated rings. The summed E-state index contributed by atoms with van der Waals surface area (Å²) in [6, 6.07) is 10.5. The number of nitriles is 1. The monoisotopic (exact) mass is 301 g/mol. The third-order valence-electron chi connectivity index (χ3n) is 3.04. The molecule has 1 aromatic heterocycles. The van der Waals surface area contributed by atoms with Crippen molar-refractivity contribution in [2.45, 2.75) is 13.3 Å². The van der Waals surface area contributed by atoms with Gasteiger partial charge in [0.25, 0.3) is 0 Å². The second-order valence-corrected chi connectivity index (χ2v) is 6.51. The zero-order valence-electron chi connectivity index (χ0n) is 11.6. The molecule has 0 bridgehead atoms. The van der Waals surface area contributed by atoms with Gasteiger partial charge in [-0.25, -0.2) is 8.42 Å². The van der Waals surface area contributed by atoms with E-state index < -0.39 is 10.0 Å². The quantitative estimate of drug-likeness (QED) is 0.918. The Morgan fingerprint density at radius 2 is 1.95 bits per heavy atom. The van der Waals surface area contributed by atoms with Crippen LogP contribution in [0, 0.1) is 18.3 Å². The highest BCUT2D eigenvalue weighted by atomic mass is 32.2. The van der Waals surface area contributed by atoms with E-state index in [9.17, 15) is 8.42 Å². The Bertz CT molecular complexity index is 765. The summed E-state index contributed by atoms with van der Waals surface area (Å²) in [5.41, 5.74) is 2.57. The van der Waals surface area contributed by atoms with Gasteiger partial charge in [-0.2, -0.15) is 5.26 Å². The Labute approximate surface area is 124 Å². The van der Waals surface area contributed by atoms with Crippen LogP contribution in [-0.2, 0) is 16.4 Å². The summed E-state index contributed by atoms with van der Waals surface area (Å²) in [6.07, 6.45) is 3.68. The molecular formula is C15H15N3O2S. The number of sulfonamides is 1. The summed E-state index contributed by atoms with van der Waals surface area (Å²) in [4.78, 5) is 3.89. The van der Waals surface area contributed by atoms with Crippen molar-refractivity contribution in [2.24, 2.45) is 0 Å². The molecule has 21 heavy (non-hydrogen) atoms. The molecular weight excluding hydrogens is 286 g/mol. The molecule has 6 heteroatoms. The molecule has 0 aliphatic rings. The topological polar surface area (TPSA) is 82.9 Å². The van der Waals surface area contributed by atoms with Crippen LogP contribution < -0.4 is 4.72 Å². The summed E-state index contributed by atoms with van der Waals surface area (Å²) in [6.45, 7) is 1.79. The first kappa shape index (κ1) is 15.0. The predicted molar refractivity (Wildman–Crippen MR) is 81.2 cm³/mol. The average Bonchev–Trinajstić information content (AvgIpc) is 2.48. The maximum atomic E-state index is 12.1. The van der Waals surface area contributed by atoms with Crippen molar-refractivity contribution in [3.8, 4) is 6.07 Å². The number of hydrogen-bond donors (Lipinski definition) is 1. The van der Waals surface area contributed by atoms with Crippen LogP contribution in [0.15, 0.2) is 42.7 Å². The zero-order valence-corrected chi connectivity index (χ0v) is 12.4.